The van der Waals surface area contributed by atoms with E-state index in [0.717, 1.165) is 26.9 Å². The predicted octanol–water partition coefficient (Wildman–Crippen LogP) is 8.46. The van der Waals surface area contributed by atoms with Crippen LogP contribution in [0.4, 0.5) is 0 Å². The maximum Gasteiger partial charge on any atom is 0.104 e. The van der Waals surface area contributed by atoms with Gasteiger partial charge in [0.05, 0.1) is 20.6 Å². The molecule has 1 aromatic rings. The molecule has 0 fully saturated rings. The first-order valence-electron chi connectivity index (χ1n) is 11.7. The normalized spacial score (nSPS) is 11.7. The van der Waals surface area contributed by atoms with Gasteiger partial charge in [0, 0.05) is 11.3 Å². The number of thioether (sulfide) groups is 2. The van der Waals surface area contributed by atoms with Crippen LogP contribution in [0.3, 0.4) is 0 Å². The largest absolute Gasteiger partial charge is 0.325 e. The molecule has 1 nitrogen and oxygen atoms in total. The van der Waals surface area contributed by atoms with Crippen molar-refractivity contribution in [3.8, 4) is 0 Å². The van der Waals surface area contributed by atoms with Crippen LogP contribution in [0.1, 0.15) is 89.2 Å². The summed E-state index contributed by atoms with van der Waals surface area (Å²) in [6.45, 7) is 6.78. The van der Waals surface area contributed by atoms with Crippen molar-refractivity contribution < 1.29 is 4.48 Å². The smallest absolute Gasteiger partial charge is 0.104 e. The summed E-state index contributed by atoms with van der Waals surface area (Å²) in [5.74, 6) is 2.18. The standard InChI is InChI=1S/C25H44NS3/c1-5-7-8-9-10-11-12-13-14-15-20-28-25(27)29-22-24-18-16-23(17-19-24)21-26(3,4)6-2/h16-19H,5-15,20-22H2,1-4H3/q+1. The van der Waals surface area contributed by atoms with Crippen molar-refractivity contribution in [3.63, 3.8) is 0 Å². The van der Waals surface area contributed by atoms with E-state index in [1.165, 1.54) is 81.1 Å². The third-order valence-electron chi connectivity index (χ3n) is 5.56. The maximum absolute atomic E-state index is 5.56. The molecule has 0 aliphatic carbocycles. The molecule has 0 heterocycles. The molecule has 0 radical (unpaired) electrons. The lowest BCUT2D eigenvalue weighted by Crippen LogP contribution is -2.38. The van der Waals surface area contributed by atoms with Gasteiger partial charge in [-0.05, 0) is 24.7 Å². The molecule has 0 saturated heterocycles. The summed E-state index contributed by atoms with van der Waals surface area (Å²) < 4.78 is 2.14. The van der Waals surface area contributed by atoms with Crippen molar-refractivity contribution in [3.05, 3.63) is 35.4 Å². The molecule has 0 N–H and O–H groups in total. The highest BCUT2D eigenvalue weighted by Gasteiger charge is 2.12. The maximum atomic E-state index is 5.56. The van der Waals surface area contributed by atoms with Crippen molar-refractivity contribution in [2.24, 2.45) is 0 Å². The van der Waals surface area contributed by atoms with Crippen molar-refractivity contribution in [2.45, 2.75) is 90.4 Å². The summed E-state index contributed by atoms with van der Waals surface area (Å²) in [4.78, 5) is 0. The van der Waals surface area contributed by atoms with Crippen molar-refractivity contribution in [1.82, 2.24) is 0 Å². The number of benzene rings is 1. The molecule has 166 valence electrons. The minimum atomic E-state index is 0.996. The molecule has 0 atom stereocenters. The first-order chi connectivity index (χ1) is 14.0. The topological polar surface area (TPSA) is 0 Å². The van der Waals surface area contributed by atoms with Crippen LogP contribution in [-0.2, 0) is 12.3 Å². The Labute approximate surface area is 195 Å². The molecule has 0 bridgehead atoms. The van der Waals surface area contributed by atoms with Gasteiger partial charge >= 0.3 is 0 Å². The van der Waals surface area contributed by atoms with Gasteiger partial charge in [-0.15, -0.1) is 23.5 Å². The molecular weight excluding hydrogens is 410 g/mol. The first kappa shape index (κ1) is 27.0. The Bertz CT molecular complexity index is 540. The van der Waals surface area contributed by atoms with Crippen molar-refractivity contribution in [2.75, 3.05) is 26.4 Å². The van der Waals surface area contributed by atoms with E-state index in [1.54, 1.807) is 0 Å². The van der Waals surface area contributed by atoms with E-state index in [-0.39, 0.29) is 0 Å². The molecule has 0 aliphatic rings. The summed E-state index contributed by atoms with van der Waals surface area (Å²) in [7, 11) is 4.57. The van der Waals surface area contributed by atoms with Gasteiger partial charge in [-0.3, -0.25) is 0 Å². The van der Waals surface area contributed by atoms with Crippen molar-refractivity contribution in [1.29, 1.82) is 0 Å². The van der Waals surface area contributed by atoms with Gasteiger partial charge in [0.2, 0.25) is 0 Å². The Kier molecular flexibility index (Phi) is 15.5. The number of hydrogen-bond acceptors (Lipinski definition) is 3. The van der Waals surface area contributed by atoms with Crippen LogP contribution in [0, 0.1) is 0 Å². The van der Waals surface area contributed by atoms with Crippen LogP contribution < -0.4 is 0 Å². The van der Waals surface area contributed by atoms with E-state index < -0.39 is 0 Å². The van der Waals surface area contributed by atoms with Gasteiger partial charge in [0.25, 0.3) is 0 Å². The van der Waals surface area contributed by atoms with E-state index in [0.29, 0.717) is 0 Å². The predicted molar refractivity (Wildman–Crippen MR) is 141 cm³/mol. The lowest BCUT2D eigenvalue weighted by Gasteiger charge is -2.28. The number of unbranched alkanes of at least 4 members (excludes halogenated alkanes) is 9. The molecule has 29 heavy (non-hydrogen) atoms. The second kappa shape index (κ2) is 16.6. The number of quaternary nitrogens is 1. The quantitative estimate of drug-likeness (QED) is 0.140. The Morgan fingerprint density at radius 2 is 1.28 bits per heavy atom. The third kappa shape index (κ3) is 14.6. The lowest BCUT2D eigenvalue weighted by molar-refractivity contribution is -0.901. The second-order valence-electron chi connectivity index (χ2n) is 8.80. The highest BCUT2D eigenvalue weighted by Crippen LogP contribution is 2.23. The molecule has 1 rings (SSSR count). The first-order valence-corrected chi connectivity index (χ1v) is 14.0. The molecule has 1 aromatic carbocycles. The van der Waals surface area contributed by atoms with E-state index >= 15 is 0 Å². The van der Waals surface area contributed by atoms with Crippen LogP contribution in [-0.4, -0.2) is 34.4 Å². The number of nitrogens with zero attached hydrogens (tertiary/aromatic N) is 1. The summed E-state index contributed by atoms with van der Waals surface area (Å²) in [5, 5.41) is 0. The molecule has 0 unspecified atom stereocenters. The summed E-state index contributed by atoms with van der Waals surface area (Å²) in [6.07, 6.45) is 14.0. The zero-order chi connectivity index (χ0) is 21.4. The Morgan fingerprint density at radius 3 is 1.83 bits per heavy atom. The molecule has 0 saturated carbocycles. The third-order valence-corrected chi connectivity index (χ3v) is 8.42. The molecule has 4 heteroatoms. The van der Waals surface area contributed by atoms with Gasteiger partial charge in [0.15, 0.2) is 0 Å². The van der Waals surface area contributed by atoms with E-state index in [9.17, 15) is 0 Å². The minimum Gasteiger partial charge on any atom is -0.325 e. The van der Waals surface area contributed by atoms with Crippen molar-refractivity contribution >= 4 is 39.3 Å². The van der Waals surface area contributed by atoms with Gasteiger partial charge in [0.1, 0.15) is 10.1 Å². The number of hydrogen-bond donors (Lipinski definition) is 0. The number of thiocarbonyl (C=S) groups is 1. The molecule has 0 spiro atoms. The fourth-order valence-electron chi connectivity index (χ4n) is 3.28. The number of rotatable bonds is 16. The molecule has 0 aliphatic heterocycles. The summed E-state index contributed by atoms with van der Waals surface area (Å²) >= 11 is 9.26. The second-order valence-corrected chi connectivity index (χ2v) is 12.1. The van der Waals surface area contributed by atoms with Crippen LogP contribution in [0.15, 0.2) is 24.3 Å². The molecular formula is C25H44NS3+. The van der Waals surface area contributed by atoms with Gasteiger partial charge in [-0.1, -0.05) is 101 Å². The SMILES string of the molecule is CCCCCCCCCCCCSC(=S)SCc1ccc(C[N+](C)(C)CC)cc1. The van der Waals surface area contributed by atoms with Crippen LogP contribution in [0.5, 0.6) is 0 Å². The van der Waals surface area contributed by atoms with E-state index in [2.05, 4.69) is 52.2 Å². The average molecular weight is 455 g/mol. The Morgan fingerprint density at radius 1 is 0.759 bits per heavy atom. The monoisotopic (exact) mass is 454 g/mol. The zero-order valence-electron chi connectivity index (χ0n) is 19.4. The van der Waals surface area contributed by atoms with Gasteiger partial charge < -0.3 is 4.48 Å². The Hall–Kier alpha value is -0.0300. The minimum absolute atomic E-state index is 0.996. The molecule has 0 amide bonds. The van der Waals surface area contributed by atoms with Crippen LogP contribution in [0.25, 0.3) is 0 Å². The fourth-order valence-corrected chi connectivity index (χ4v) is 5.45. The average Bonchev–Trinajstić information content (AvgIpc) is 2.71. The lowest BCUT2D eigenvalue weighted by atomic mass is 10.1. The highest BCUT2D eigenvalue weighted by molar-refractivity contribution is 8.46. The summed E-state index contributed by atoms with van der Waals surface area (Å²) in [6, 6.07) is 9.11. The van der Waals surface area contributed by atoms with Gasteiger partial charge in [-0.25, -0.2) is 0 Å². The van der Waals surface area contributed by atoms with E-state index in [4.69, 9.17) is 12.2 Å². The van der Waals surface area contributed by atoms with Crippen LogP contribution >= 0.6 is 35.7 Å². The van der Waals surface area contributed by atoms with Gasteiger partial charge in [-0.2, -0.15) is 0 Å². The fraction of sp³-hybridized carbons (Fsp3) is 0.720. The zero-order valence-corrected chi connectivity index (χ0v) is 21.8. The van der Waals surface area contributed by atoms with Crippen LogP contribution in [0.2, 0.25) is 0 Å². The molecule has 0 aromatic heterocycles. The Balaban J connectivity index is 2.04. The summed E-state index contributed by atoms with van der Waals surface area (Å²) in [5.41, 5.74) is 2.80. The highest BCUT2D eigenvalue weighted by atomic mass is 32.2. The van der Waals surface area contributed by atoms with E-state index in [1.807, 2.05) is 23.5 Å².